The number of phenols is 1. The van der Waals surface area contributed by atoms with E-state index in [9.17, 15) is 29.1 Å². The molecular formula is C28H27NO7. The van der Waals surface area contributed by atoms with Gasteiger partial charge in [0.05, 0.1) is 18.3 Å². The Hall–Kier alpha value is -3.81. The molecule has 0 saturated carbocycles. The van der Waals surface area contributed by atoms with E-state index < -0.39 is 35.5 Å². The number of aliphatic carboxylic acids is 1. The molecule has 1 aliphatic heterocycles. The van der Waals surface area contributed by atoms with Crippen molar-refractivity contribution < 1.29 is 34.2 Å². The zero-order chi connectivity index (χ0) is 26.0. The Labute approximate surface area is 208 Å². The van der Waals surface area contributed by atoms with Crippen molar-refractivity contribution in [1.29, 1.82) is 0 Å². The van der Waals surface area contributed by atoms with Gasteiger partial charge in [0.1, 0.15) is 5.75 Å². The van der Waals surface area contributed by atoms with E-state index in [0.29, 0.717) is 34.3 Å². The van der Waals surface area contributed by atoms with Gasteiger partial charge in [-0.15, -0.1) is 0 Å². The van der Waals surface area contributed by atoms with Crippen LogP contribution >= 0.6 is 0 Å². The van der Waals surface area contributed by atoms with Crippen molar-refractivity contribution in [2.45, 2.75) is 46.0 Å². The fraction of sp³-hybridized carbons (Fsp3) is 0.393. The number of carboxylic acid groups (broad SMARTS) is 1. The second-order valence-corrected chi connectivity index (χ2v) is 10.2. The molecule has 36 heavy (non-hydrogen) atoms. The lowest BCUT2D eigenvalue weighted by Crippen LogP contribution is -2.40. The van der Waals surface area contributed by atoms with Crippen LogP contribution < -0.4 is 0 Å². The van der Waals surface area contributed by atoms with Crippen LogP contribution in [0.1, 0.15) is 48.8 Å². The molecule has 8 heteroatoms. The Morgan fingerprint density at radius 2 is 1.69 bits per heavy atom. The molecule has 5 rings (SSSR count). The lowest BCUT2D eigenvalue weighted by molar-refractivity contribution is -0.142. The molecule has 1 saturated heterocycles. The van der Waals surface area contributed by atoms with E-state index in [0.717, 1.165) is 16.0 Å². The van der Waals surface area contributed by atoms with Gasteiger partial charge in [0.2, 0.25) is 11.8 Å². The monoisotopic (exact) mass is 489 g/mol. The van der Waals surface area contributed by atoms with Crippen molar-refractivity contribution in [2.24, 2.45) is 17.8 Å². The summed E-state index contributed by atoms with van der Waals surface area (Å²) in [5.41, 5.74) is 3.98. The second-order valence-electron chi connectivity index (χ2n) is 10.2. The smallest absolute Gasteiger partial charge is 0.305 e. The number of aryl methyl sites for hydroxylation is 2. The number of fused-ring (bicyclic) bond motifs is 3. The number of hydrogen-bond acceptors (Lipinski definition) is 6. The molecule has 0 radical (unpaired) electrons. The Morgan fingerprint density at radius 3 is 2.33 bits per heavy atom. The van der Waals surface area contributed by atoms with Gasteiger partial charge in [0.25, 0.3) is 0 Å². The van der Waals surface area contributed by atoms with Gasteiger partial charge in [-0.2, -0.15) is 0 Å². The number of benzene rings is 1. The first-order chi connectivity index (χ1) is 17.0. The van der Waals surface area contributed by atoms with E-state index in [1.54, 1.807) is 32.9 Å². The molecule has 1 aromatic carbocycles. The number of hydrogen-bond donors (Lipinski definition) is 2. The minimum atomic E-state index is -1.09. The number of carbonyl (C=O) groups excluding carboxylic acids is 4. The van der Waals surface area contributed by atoms with E-state index in [1.165, 1.54) is 6.08 Å². The van der Waals surface area contributed by atoms with Crippen molar-refractivity contribution >= 4 is 29.4 Å². The largest absolute Gasteiger partial charge is 0.507 e. The van der Waals surface area contributed by atoms with E-state index in [1.807, 2.05) is 6.08 Å². The number of carboxylic acids is 1. The minimum absolute atomic E-state index is 0.158. The molecule has 1 fully saturated rings. The second kappa shape index (κ2) is 8.40. The number of Topliss-reactive ketones (excluding diaryl/α,β-unsaturated/α-hetero) is 1. The Bertz CT molecular complexity index is 1340. The molecule has 2 N–H and O–H groups in total. The first kappa shape index (κ1) is 23.9. The predicted octanol–water partition coefficient (Wildman–Crippen LogP) is 2.91. The topological polar surface area (TPSA) is 129 Å². The highest BCUT2D eigenvalue weighted by molar-refractivity contribution is 6.23. The number of phenolic OH excluding ortho intramolecular Hbond substituents is 1. The first-order valence-electron chi connectivity index (χ1n) is 12.1. The number of rotatable bonds is 4. The number of nitrogens with zero attached hydrogens (tertiary/aromatic N) is 1. The van der Waals surface area contributed by atoms with Crippen LogP contribution in [0.3, 0.4) is 0 Å². The molecule has 1 heterocycles. The van der Waals surface area contributed by atoms with E-state index in [-0.39, 0.29) is 42.6 Å². The molecule has 3 aliphatic carbocycles. The van der Waals surface area contributed by atoms with Gasteiger partial charge in [-0.3, -0.25) is 28.9 Å². The van der Waals surface area contributed by atoms with Crippen LogP contribution in [0, 0.1) is 31.6 Å². The summed E-state index contributed by atoms with van der Waals surface area (Å²) in [6, 6.07) is 3.61. The molecule has 186 valence electrons. The summed E-state index contributed by atoms with van der Waals surface area (Å²) in [5.74, 6) is -4.56. The lowest BCUT2D eigenvalue weighted by atomic mass is 9.59. The third-order valence-electron chi connectivity index (χ3n) is 8.05. The Balaban J connectivity index is 1.65. The summed E-state index contributed by atoms with van der Waals surface area (Å²) in [5, 5.41) is 19.4. The molecular weight excluding hydrogens is 462 g/mol. The number of likely N-dealkylation sites (tertiary alicyclic amines) is 1. The van der Waals surface area contributed by atoms with Gasteiger partial charge >= 0.3 is 5.97 Å². The molecule has 8 nitrogen and oxygen atoms in total. The predicted molar refractivity (Wildman–Crippen MR) is 128 cm³/mol. The van der Waals surface area contributed by atoms with Crippen LogP contribution in [0.5, 0.6) is 5.75 Å². The first-order valence-corrected chi connectivity index (χ1v) is 12.1. The number of carbonyl (C=O) groups is 5. The third kappa shape index (κ3) is 3.46. The van der Waals surface area contributed by atoms with Crippen molar-refractivity contribution in [2.75, 3.05) is 6.54 Å². The summed E-state index contributed by atoms with van der Waals surface area (Å²) in [6.45, 7) is 4.97. The van der Waals surface area contributed by atoms with Gasteiger partial charge in [-0.25, -0.2) is 0 Å². The van der Waals surface area contributed by atoms with E-state index in [2.05, 4.69) is 0 Å². The molecule has 0 bridgehead atoms. The minimum Gasteiger partial charge on any atom is -0.507 e. The van der Waals surface area contributed by atoms with Gasteiger partial charge in [-0.1, -0.05) is 23.8 Å². The van der Waals surface area contributed by atoms with Crippen molar-refractivity contribution in [3.05, 3.63) is 63.3 Å². The SMILES string of the molecule is CC1=CC(=O)C2=C(C1=O)C(c1cc(C)c(O)c(C)c1)C1=CCC3C(=O)N(CCC(=O)O)C(=O)C3C1C2. The fourth-order valence-electron chi connectivity index (χ4n) is 6.39. The third-order valence-corrected chi connectivity index (χ3v) is 8.05. The zero-order valence-corrected chi connectivity index (χ0v) is 20.3. The van der Waals surface area contributed by atoms with Crippen LogP contribution in [-0.4, -0.2) is 51.0 Å². The molecule has 2 amide bonds. The summed E-state index contributed by atoms with van der Waals surface area (Å²) < 4.78 is 0. The molecule has 4 unspecified atom stereocenters. The normalized spacial score (nSPS) is 27.5. The number of aromatic hydroxyl groups is 1. The van der Waals surface area contributed by atoms with Crippen LogP contribution in [0.15, 0.2) is 46.6 Å². The van der Waals surface area contributed by atoms with Gasteiger partial charge in [0, 0.05) is 29.2 Å². The highest BCUT2D eigenvalue weighted by Gasteiger charge is 2.56. The summed E-state index contributed by atoms with van der Waals surface area (Å²) >= 11 is 0. The molecule has 4 aliphatic rings. The van der Waals surface area contributed by atoms with Gasteiger partial charge in [-0.05, 0) is 62.3 Å². The quantitative estimate of drug-likeness (QED) is 0.378. The van der Waals surface area contributed by atoms with E-state index in [4.69, 9.17) is 5.11 Å². The maximum atomic E-state index is 13.4. The molecule has 0 aromatic heterocycles. The summed E-state index contributed by atoms with van der Waals surface area (Å²) in [4.78, 5) is 65.2. The lowest BCUT2D eigenvalue weighted by Gasteiger charge is -2.42. The van der Waals surface area contributed by atoms with Crippen LogP contribution in [0.25, 0.3) is 0 Å². The Morgan fingerprint density at radius 1 is 1.03 bits per heavy atom. The number of amides is 2. The number of imide groups is 1. The highest BCUT2D eigenvalue weighted by atomic mass is 16.4. The average molecular weight is 490 g/mol. The standard InChI is InChI=1S/C28H27NO7/c1-12-8-15(9-13(2)25(12)33)22-16-4-5-17-23(28(36)29(27(17)35)7-6-21(31)32)18(16)11-19-20(30)10-14(3)26(34)24(19)22/h4,8-10,17-18,22-23,33H,5-7,11H2,1-3H3,(H,31,32). The summed E-state index contributed by atoms with van der Waals surface area (Å²) in [7, 11) is 0. The Kier molecular flexibility index (Phi) is 5.58. The fourth-order valence-corrected chi connectivity index (χ4v) is 6.39. The van der Waals surface area contributed by atoms with Crippen molar-refractivity contribution in [3.8, 4) is 5.75 Å². The maximum Gasteiger partial charge on any atom is 0.305 e. The van der Waals surface area contributed by atoms with Crippen LogP contribution in [0.2, 0.25) is 0 Å². The summed E-state index contributed by atoms with van der Waals surface area (Å²) in [6.07, 6.45) is 3.41. The zero-order valence-electron chi connectivity index (χ0n) is 20.3. The van der Waals surface area contributed by atoms with Gasteiger partial charge in [0.15, 0.2) is 11.6 Å². The van der Waals surface area contributed by atoms with Crippen molar-refractivity contribution in [3.63, 3.8) is 0 Å². The van der Waals surface area contributed by atoms with Crippen LogP contribution in [0.4, 0.5) is 0 Å². The highest BCUT2D eigenvalue weighted by Crippen LogP contribution is 2.55. The maximum absolute atomic E-state index is 13.4. The number of allylic oxidation sites excluding steroid dienone is 6. The van der Waals surface area contributed by atoms with E-state index >= 15 is 0 Å². The molecule has 1 aromatic rings. The van der Waals surface area contributed by atoms with Gasteiger partial charge < -0.3 is 10.2 Å². The number of ketones is 2. The molecule has 0 spiro atoms. The van der Waals surface area contributed by atoms with Crippen LogP contribution in [-0.2, 0) is 24.0 Å². The molecule has 4 atom stereocenters. The average Bonchev–Trinajstić information content (AvgIpc) is 3.07. The van der Waals surface area contributed by atoms with Crippen molar-refractivity contribution in [1.82, 2.24) is 4.90 Å².